The van der Waals surface area contributed by atoms with Gasteiger partial charge in [-0.05, 0) is 25.3 Å². The van der Waals surface area contributed by atoms with Crippen LogP contribution in [0.2, 0.25) is 0 Å². The highest BCUT2D eigenvalue weighted by atomic mass is 32.2. The number of anilines is 1. The first-order chi connectivity index (χ1) is 13.1. The average Bonchev–Trinajstić information content (AvgIpc) is 3.38. The van der Waals surface area contributed by atoms with Gasteiger partial charge in [-0.15, -0.1) is 21.5 Å². The van der Waals surface area contributed by atoms with Crippen molar-refractivity contribution in [2.75, 3.05) is 17.7 Å². The summed E-state index contributed by atoms with van der Waals surface area (Å²) in [5, 5.41) is 17.1. The SMILES string of the molecule is CCn1c(SCC(=O)OCC(=O)Nc2cc(C)on2)nnc1-c1cccs1. The Labute approximate surface area is 163 Å². The summed E-state index contributed by atoms with van der Waals surface area (Å²) in [6.45, 7) is 3.97. The lowest BCUT2D eigenvalue weighted by Crippen LogP contribution is -2.21. The summed E-state index contributed by atoms with van der Waals surface area (Å²) in [5.41, 5.74) is 0. The molecule has 3 aromatic rings. The summed E-state index contributed by atoms with van der Waals surface area (Å²) in [5.74, 6) is 0.637. The van der Waals surface area contributed by atoms with E-state index in [9.17, 15) is 9.59 Å². The van der Waals surface area contributed by atoms with Gasteiger partial charge in [0.2, 0.25) is 0 Å². The first-order valence-electron chi connectivity index (χ1n) is 8.05. The molecular formula is C16H17N5O4S2. The zero-order valence-electron chi connectivity index (χ0n) is 14.7. The van der Waals surface area contributed by atoms with Gasteiger partial charge in [0.1, 0.15) is 5.76 Å². The largest absolute Gasteiger partial charge is 0.455 e. The van der Waals surface area contributed by atoms with E-state index in [1.54, 1.807) is 24.3 Å². The summed E-state index contributed by atoms with van der Waals surface area (Å²) >= 11 is 2.79. The molecule has 3 heterocycles. The van der Waals surface area contributed by atoms with Gasteiger partial charge in [-0.2, -0.15) is 0 Å². The number of ether oxygens (including phenoxy) is 1. The molecule has 9 nitrogen and oxygen atoms in total. The molecule has 1 N–H and O–H groups in total. The zero-order chi connectivity index (χ0) is 19.2. The molecule has 3 rings (SSSR count). The van der Waals surface area contributed by atoms with E-state index in [0.29, 0.717) is 17.5 Å². The van der Waals surface area contributed by atoms with Gasteiger partial charge in [-0.1, -0.05) is 23.0 Å². The predicted molar refractivity (Wildman–Crippen MR) is 101 cm³/mol. The Morgan fingerprint density at radius 1 is 1.41 bits per heavy atom. The van der Waals surface area contributed by atoms with Crippen LogP contribution in [0.4, 0.5) is 5.82 Å². The van der Waals surface area contributed by atoms with Crippen molar-refractivity contribution < 1.29 is 18.8 Å². The molecule has 0 aliphatic rings. The van der Waals surface area contributed by atoms with Crippen LogP contribution in [0.3, 0.4) is 0 Å². The van der Waals surface area contributed by atoms with Crippen molar-refractivity contribution in [1.29, 1.82) is 0 Å². The topological polar surface area (TPSA) is 112 Å². The van der Waals surface area contributed by atoms with Gasteiger partial charge in [-0.3, -0.25) is 9.59 Å². The third-order valence-corrected chi connectivity index (χ3v) is 5.16. The normalized spacial score (nSPS) is 10.7. The van der Waals surface area contributed by atoms with E-state index in [0.717, 1.165) is 10.7 Å². The Bertz CT molecular complexity index is 919. The minimum absolute atomic E-state index is 0.0267. The highest BCUT2D eigenvalue weighted by Crippen LogP contribution is 2.27. The molecule has 0 spiro atoms. The van der Waals surface area contributed by atoms with Crippen LogP contribution >= 0.6 is 23.1 Å². The van der Waals surface area contributed by atoms with E-state index in [1.165, 1.54) is 11.8 Å². The number of nitrogens with zero attached hydrogens (tertiary/aromatic N) is 4. The van der Waals surface area contributed by atoms with Gasteiger partial charge in [0, 0.05) is 12.6 Å². The number of aryl methyl sites for hydroxylation is 1. The van der Waals surface area contributed by atoms with Crippen LogP contribution in [0.25, 0.3) is 10.7 Å². The number of carbonyl (C=O) groups excluding carboxylic acids is 2. The molecule has 142 valence electrons. The maximum atomic E-state index is 11.9. The number of thioether (sulfide) groups is 1. The molecular weight excluding hydrogens is 390 g/mol. The van der Waals surface area contributed by atoms with Crippen molar-refractivity contribution in [3.63, 3.8) is 0 Å². The minimum Gasteiger partial charge on any atom is -0.455 e. The number of hydrogen-bond donors (Lipinski definition) is 1. The third-order valence-electron chi connectivity index (χ3n) is 3.35. The second-order valence-corrected chi connectivity index (χ2v) is 7.24. The van der Waals surface area contributed by atoms with Crippen LogP contribution in [-0.4, -0.2) is 44.2 Å². The van der Waals surface area contributed by atoms with E-state index in [1.807, 2.05) is 29.0 Å². The van der Waals surface area contributed by atoms with E-state index in [2.05, 4.69) is 20.7 Å². The molecule has 11 heteroatoms. The minimum atomic E-state index is -0.519. The fraction of sp³-hybridized carbons (Fsp3) is 0.312. The Hall–Kier alpha value is -2.66. The van der Waals surface area contributed by atoms with Gasteiger partial charge >= 0.3 is 5.97 Å². The lowest BCUT2D eigenvalue weighted by molar-refractivity contribution is -0.144. The molecule has 0 unspecified atom stereocenters. The molecule has 0 radical (unpaired) electrons. The number of amides is 1. The molecule has 3 aromatic heterocycles. The maximum absolute atomic E-state index is 11.9. The van der Waals surface area contributed by atoms with Crippen molar-refractivity contribution in [2.24, 2.45) is 0 Å². The molecule has 0 atom stereocenters. The molecule has 0 bridgehead atoms. The molecule has 27 heavy (non-hydrogen) atoms. The Balaban J connectivity index is 1.48. The Morgan fingerprint density at radius 3 is 2.93 bits per heavy atom. The fourth-order valence-corrected chi connectivity index (χ4v) is 3.70. The summed E-state index contributed by atoms with van der Waals surface area (Å²) in [6.07, 6.45) is 0. The van der Waals surface area contributed by atoms with Crippen LogP contribution < -0.4 is 5.32 Å². The van der Waals surface area contributed by atoms with E-state index in [4.69, 9.17) is 9.26 Å². The molecule has 0 saturated carbocycles. The molecule has 0 aliphatic heterocycles. The van der Waals surface area contributed by atoms with Crippen LogP contribution in [0, 0.1) is 6.92 Å². The maximum Gasteiger partial charge on any atom is 0.316 e. The number of rotatable bonds is 8. The van der Waals surface area contributed by atoms with Gasteiger partial charge in [0.05, 0.1) is 10.6 Å². The van der Waals surface area contributed by atoms with Crippen molar-refractivity contribution in [2.45, 2.75) is 25.5 Å². The highest BCUT2D eigenvalue weighted by molar-refractivity contribution is 7.99. The van der Waals surface area contributed by atoms with Crippen molar-refractivity contribution in [3.05, 3.63) is 29.3 Å². The van der Waals surface area contributed by atoms with Gasteiger partial charge < -0.3 is 19.1 Å². The molecule has 0 aliphatic carbocycles. The Morgan fingerprint density at radius 2 is 2.26 bits per heavy atom. The lowest BCUT2D eigenvalue weighted by Gasteiger charge is -2.06. The summed E-state index contributed by atoms with van der Waals surface area (Å²) < 4.78 is 11.7. The molecule has 0 saturated heterocycles. The molecule has 1 amide bonds. The van der Waals surface area contributed by atoms with Crippen LogP contribution in [-0.2, 0) is 20.9 Å². The predicted octanol–water partition coefficient (Wildman–Crippen LogP) is 2.60. The summed E-state index contributed by atoms with van der Waals surface area (Å²) in [7, 11) is 0. The number of carbonyl (C=O) groups is 2. The van der Waals surface area contributed by atoms with E-state index >= 15 is 0 Å². The number of nitrogens with one attached hydrogen (secondary N) is 1. The monoisotopic (exact) mass is 407 g/mol. The summed E-state index contributed by atoms with van der Waals surface area (Å²) in [6, 6.07) is 5.49. The van der Waals surface area contributed by atoms with Crippen LogP contribution in [0.15, 0.2) is 33.3 Å². The smallest absolute Gasteiger partial charge is 0.316 e. The van der Waals surface area contributed by atoms with Gasteiger partial charge in [-0.25, -0.2) is 0 Å². The van der Waals surface area contributed by atoms with Crippen molar-refractivity contribution in [1.82, 2.24) is 19.9 Å². The third kappa shape index (κ3) is 4.95. The summed E-state index contributed by atoms with van der Waals surface area (Å²) in [4.78, 5) is 24.6. The van der Waals surface area contributed by atoms with Crippen molar-refractivity contribution >= 4 is 40.8 Å². The Kier molecular flexibility index (Phi) is 6.24. The first-order valence-corrected chi connectivity index (χ1v) is 9.92. The first kappa shape index (κ1) is 19.1. The molecule has 0 aromatic carbocycles. The van der Waals surface area contributed by atoms with E-state index < -0.39 is 18.5 Å². The second-order valence-electron chi connectivity index (χ2n) is 5.35. The average molecular weight is 407 g/mol. The number of esters is 1. The number of hydrogen-bond acceptors (Lipinski definition) is 9. The van der Waals surface area contributed by atoms with Crippen LogP contribution in [0.1, 0.15) is 12.7 Å². The second kappa shape index (κ2) is 8.82. The lowest BCUT2D eigenvalue weighted by atomic mass is 10.4. The number of aromatic nitrogens is 4. The van der Waals surface area contributed by atoms with Gasteiger partial charge in [0.25, 0.3) is 5.91 Å². The van der Waals surface area contributed by atoms with Gasteiger partial charge in [0.15, 0.2) is 23.4 Å². The van der Waals surface area contributed by atoms with Crippen LogP contribution in [0.5, 0.6) is 0 Å². The van der Waals surface area contributed by atoms with E-state index in [-0.39, 0.29) is 11.6 Å². The number of thiophene rings is 1. The van der Waals surface area contributed by atoms with Crippen molar-refractivity contribution in [3.8, 4) is 10.7 Å². The zero-order valence-corrected chi connectivity index (χ0v) is 16.3. The molecule has 0 fully saturated rings. The fourth-order valence-electron chi connectivity index (χ4n) is 2.18. The quantitative estimate of drug-likeness (QED) is 0.448. The highest BCUT2D eigenvalue weighted by Gasteiger charge is 2.16. The standard InChI is InChI=1S/C16H17N5O4S2/c1-3-21-15(11-5-4-6-26-11)18-19-16(21)27-9-14(23)24-8-13(22)17-12-7-10(2)25-20-12/h4-7H,3,8-9H2,1-2H3,(H,17,20,22).